The van der Waals surface area contributed by atoms with Crippen LogP contribution in [-0.4, -0.2) is 16.6 Å². The van der Waals surface area contributed by atoms with Gasteiger partial charge in [0.1, 0.15) is 10.4 Å². The molecular weight excluding hydrogens is 304 g/mol. The van der Waals surface area contributed by atoms with E-state index in [0.717, 1.165) is 0 Å². The normalized spacial score (nSPS) is 13.8. The van der Waals surface area contributed by atoms with Crippen molar-refractivity contribution in [2.75, 3.05) is 0 Å². The Morgan fingerprint density at radius 3 is 2.32 bits per heavy atom. The fourth-order valence-electron chi connectivity index (χ4n) is 1.33. The van der Waals surface area contributed by atoms with Crippen LogP contribution in [0.3, 0.4) is 0 Å². The van der Waals surface area contributed by atoms with Gasteiger partial charge in [0.15, 0.2) is 5.01 Å². The number of nitrogens with zero attached hydrogens (tertiary/aromatic N) is 2. The van der Waals surface area contributed by atoms with Crippen LogP contribution in [0.25, 0.3) is 0 Å². The van der Waals surface area contributed by atoms with Gasteiger partial charge < -0.3 is 0 Å². The van der Waals surface area contributed by atoms with Crippen LogP contribution < -0.4 is 0 Å². The van der Waals surface area contributed by atoms with Gasteiger partial charge in [-0.15, -0.1) is 21.8 Å². The van der Waals surface area contributed by atoms with Gasteiger partial charge in [-0.1, -0.05) is 41.7 Å². The number of rotatable bonds is 4. The Kier molecular flexibility index (Phi) is 4.05. The van der Waals surface area contributed by atoms with E-state index in [0.29, 0.717) is 16.9 Å². The standard InChI is InChI=1S/C11H7ClF4N2S/c12-7(6-4-2-1-3-5-6)8-17-18-10(19-8)11(15,16)9(13)14/h1-5,7,9H. The van der Waals surface area contributed by atoms with Crippen LogP contribution in [-0.2, 0) is 5.92 Å². The summed E-state index contributed by atoms with van der Waals surface area (Å²) in [5.74, 6) is -4.30. The first kappa shape index (κ1) is 14.2. The zero-order chi connectivity index (χ0) is 14.0. The molecule has 1 aromatic carbocycles. The van der Waals surface area contributed by atoms with Crippen molar-refractivity contribution >= 4 is 22.9 Å². The van der Waals surface area contributed by atoms with E-state index in [9.17, 15) is 17.6 Å². The van der Waals surface area contributed by atoms with Crippen molar-refractivity contribution in [3.05, 3.63) is 45.9 Å². The summed E-state index contributed by atoms with van der Waals surface area (Å²) in [6, 6.07) is 8.58. The topological polar surface area (TPSA) is 25.8 Å². The molecule has 1 atom stereocenters. The van der Waals surface area contributed by atoms with Gasteiger partial charge in [-0.2, -0.15) is 8.78 Å². The average Bonchev–Trinajstić information content (AvgIpc) is 2.89. The highest BCUT2D eigenvalue weighted by Gasteiger charge is 2.46. The quantitative estimate of drug-likeness (QED) is 0.624. The summed E-state index contributed by atoms with van der Waals surface area (Å²) in [7, 11) is 0. The van der Waals surface area contributed by atoms with Crippen LogP contribution in [0, 0.1) is 0 Å². The van der Waals surface area contributed by atoms with E-state index >= 15 is 0 Å². The molecule has 0 bridgehead atoms. The minimum Gasteiger partial charge on any atom is -0.203 e. The van der Waals surface area contributed by atoms with Gasteiger partial charge in [-0.3, -0.25) is 0 Å². The Labute approximate surface area is 115 Å². The fourth-order valence-corrected chi connectivity index (χ4v) is 2.48. The van der Waals surface area contributed by atoms with Gasteiger partial charge in [0.2, 0.25) is 0 Å². The highest BCUT2D eigenvalue weighted by atomic mass is 35.5. The molecule has 19 heavy (non-hydrogen) atoms. The van der Waals surface area contributed by atoms with E-state index < -0.39 is 22.7 Å². The molecule has 0 aliphatic carbocycles. The summed E-state index contributed by atoms with van der Waals surface area (Å²) in [4.78, 5) is 0. The maximum atomic E-state index is 13.1. The van der Waals surface area contributed by atoms with Gasteiger partial charge >= 0.3 is 12.3 Å². The van der Waals surface area contributed by atoms with Crippen LogP contribution in [0.15, 0.2) is 30.3 Å². The van der Waals surface area contributed by atoms with E-state index in [1.54, 1.807) is 30.3 Å². The zero-order valence-electron chi connectivity index (χ0n) is 9.23. The van der Waals surface area contributed by atoms with Crippen molar-refractivity contribution in [3.63, 3.8) is 0 Å². The van der Waals surface area contributed by atoms with E-state index in [2.05, 4.69) is 10.2 Å². The predicted octanol–water partition coefficient (Wildman–Crippen LogP) is 4.22. The van der Waals surface area contributed by atoms with Gasteiger partial charge in [0.05, 0.1) is 0 Å². The average molecular weight is 311 g/mol. The molecular formula is C11H7ClF4N2S. The van der Waals surface area contributed by atoms with Crippen LogP contribution in [0.5, 0.6) is 0 Å². The number of aromatic nitrogens is 2. The van der Waals surface area contributed by atoms with Crippen molar-refractivity contribution in [1.82, 2.24) is 10.2 Å². The van der Waals surface area contributed by atoms with Crippen LogP contribution in [0.1, 0.15) is 21.0 Å². The van der Waals surface area contributed by atoms with Crippen molar-refractivity contribution in [2.45, 2.75) is 17.7 Å². The second-order valence-corrected chi connectivity index (χ2v) is 5.09. The molecule has 1 heterocycles. The maximum Gasteiger partial charge on any atom is 0.359 e. The van der Waals surface area contributed by atoms with Crippen molar-refractivity contribution in [1.29, 1.82) is 0 Å². The summed E-state index contributed by atoms with van der Waals surface area (Å²) < 4.78 is 50.5. The molecule has 2 nitrogen and oxygen atoms in total. The summed E-state index contributed by atoms with van der Waals surface area (Å²) in [5, 5.41) is 4.81. The van der Waals surface area contributed by atoms with Crippen LogP contribution in [0.4, 0.5) is 17.6 Å². The van der Waals surface area contributed by atoms with Gasteiger partial charge in [-0.25, -0.2) is 8.78 Å². The summed E-state index contributed by atoms with van der Waals surface area (Å²) in [6.07, 6.45) is -3.82. The first-order chi connectivity index (χ1) is 8.93. The van der Waals surface area contributed by atoms with Crippen LogP contribution in [0.2, 0.25) is 0 Å². The molecule has 0 radical (unpaired) electrons. The number of alkyl halides is 5. The molecule has 1 aromatic heterocycles. The Morgan fingerprint density at radius 1 is 1.11 bits per heavy atom. The molecule has 0 aliphatic rings. The van der Waals surface area contributed by atoms with E-state index in [1.807, 2.05) is 0 Å². The highest BCUT2D eigenvalue weighted by molar-refractivity contribution is 7.11. The zero-order valence-corrected chi connectivity index (χ0v) is 10.8. The Balaban J connectivity index is 2.27. The SMILES string of the molecule is FC(F)C(F)(F)c1nnc(C(Cl)c2ccccc2)s1. The number of benzene rings is 1. The van der Waals surface area contributed by atoms with Crippen molar-refractivity contribution in [3.8, 4) is 0 Å². The molecule has 102 valence electrons. The van der Waals surface area contributed by atoms with Crippen molar-refractivity contribution in [2.24, 2.45) is 0 Å². The highest BCUT2D eigenvalue weighted by Crippen LogP contribution is 2.39. The molecule has 0 amide bonds. The summed E-state index contributed by atoms with van der Waals surface area (Å²) in [5.41, 5.74) is 0.632. The monoisotopic (exact) mass is 310 g/mol. The molecule has 0 aliphatic heterocycles. The van der Waals surface area contributed by atoms with Crippen molar-refractivity contribution < 1.29 is 17.6 Å². The molecule has 0 saturated heterocycles. The first-order valence-corrected chi connectivity index (χ1v) is 6.37. The molecule has 1 unspecified atom stereocenters. The second kappa shape index (κ2) is 5.42. The molecule has 8 heteroatoms. The van der Waals surface area contributed by atoms with E-state index in [4.69, 9.17) is 11.6 Å². The lowest BCUT2D eigenvalue weighted by Crippen LogP contribution is -2.23. The predicted molar refractivity (Wildman–Crippen MR) is 63.9 cm³/mol. The van der Waals surface area contributed by atoms with E-state index in [1.165, 1.54) is 0 Å². The summed E-state index contributed by atoms with van der Waals surface area (Å²) in [6.45, 7) is 0. The number of hydrogen-bond donors (Lipinski definition) is 0. The van der Waals surface area contributed by atoms with E-state index in [-0.39, 0.29) is 5.01 Å². The minimum absolute atomic E-state index is 0.0585. The smallest absolute Gasteiger partial charge is 0.203 e. The largest absolute Gasteiger partial charge is 0.359 e. The fraction of sp³-hybridized carbons (Fsp3) is 0.273. The second-order valence-electron chi connectivity index (χ2n) is 3.64. The molecule has 0 saturated carbocycles. The first-order valence-electron chi connectivity index (χ1n) is 5.11. The number of hydrogen-bond acceptors (Lipinski definition) is 3. The Hall–Kier alpha value is -1.21. The number of halogens is 5. The molecule has 0 fully saturated rings. The Morgan fingerprint density at radius 2 is 1.74 bits per heavy atom. The maximum absolute atomic E-state index is 13.1. The molecule has 0 spiro atoms. The lowest BCUT2D eigenvalue weighted by atomic mass is 10.1. The molecule has 2 rings (SSSR count). The van der Waals surface area contributed by atoms with Gasteiger partial charge in [0.25, 0.3) is 0 Å². The molecule has 2 aromatic rings. The lowest BCUT2D eigenvalue weighted by molar-refractivity contribution is -0.135. The molecule has 0 N–H and O–H groups in total. The summed E-state index contributed by atoms with van der Waals surface area (Å²) >= 11 is 6.44. The van der Waals surface area contributed by atoms with Crippen LogP contribution >= 0.6 is 22.9 Å². The Bertz CT molecular complexity index is 547. The lowest BCUT2D eigenvalue weighted by Gasteiger charge is -2.10. The third kappa shape index (κ3) is 2.87. The van der Waals surface area contributed by atoms with Gasteiger partial charge in [0, 0.05) is 0 Å². The minimum atomic E-state index is -4.30. The van der Waals surface area contributed by atoms with Gasteiger partial charge in [-0.05, 0) is 5.56 Å². The third-order valence-corrected chi connectivity index (χ3v) is 3.97. The third-order valence-electron chi connectivity index (χ3n) is 2.31.